The molecule has 2 unspecified atom stereocenters. The lowest BCUT2D eigenvalue weighted by atomic mass is 9.87. The Bertz CT molecular complexity index is 1420. The molecule has 4 N–H and O–H groups in total. The summed E-state index contributed by atoms with van der Waals surface area (Å²) in [6, 6.07) is 28.7. The Kier molecular flexibility index (Phi) is 11.4. The molecule has 0 radical (unpaired) electrons. The lowest BCUT2D eigenvalue weighted by Gasteiger charge is -2.32. The average Bonchev–Trinajstić information content (AvgIpc) is 3.02. The molecule has 42 heavy (non-hydrogen) atoms. The number of para-hydroxylation sites is 1. The maximum absolute atomic E-state index is 8.99. The van der Waals surface area contributed by atoms with Gasteiger partial charge in [-0.3, -0.25) is 0 Å². The summed E-state index contributed by atoms with van der Waals surface area (Å²) in [4.78, 5) is 8.56. The average molecular weight is 576 g/mol. The van der Waals surface area contributed by atoms with Gasteiger partial charge in [-0.2, -0.15) is 0 Å². The number of rotatable bonds is 11. The van der Waals surface area contributed by atoms with Gasteiger partial charge in [0.25, 0.3) is 0 Å². The SMILES string of the molecule is COc1ccccc1COc1cc(COC2CNCCC2c2ccc(OCCO)cc2)cc2ccccc12.O=C(O)O. The number of benzene rings is 4. The normalized spacial score (nSPS) is 16.2. The second kappa shape index (κ2) is 15.6. The standard InChI is InChI=1S/C32H35NO5.CH2O3/c1-35-30-9-5-3-7-26(30)22-38-31-19-23(18-25-6-2-4-8-28(25)31)21-37-32-20-33-15-14-29(32)24-10-12-27(13-11-24)36-17-16-34;2-1(3)4/h2-13,18-19,29,32-34H,14-17,20-22H2,1H3;(H2,2,3,4). The monoisotopic (exact) mass is 575 g/mol. The first-order valence-electron chi connectivity index (χ1n) is 13.8. The maximum Gasteiger partial charge on any atom is 0.503 e. The van der Waals surface area contributed by atoms with Crippen molar-refractivity contribution in [3.63, 3.8) is 0 Å². The van der Waals surface area contributed by atoms with Crippen LogP contribution in [0.3, 0.4) is 0 Å². The van der Waals surface area contributed by atoms with Crippen LogP contribution in [0, 0.1) is 0 Å². The zero-order valence-corrected chi connectivity index (χ0v) is 23.6. The maximum atomic E-state index is 8.99. The predicted molar refractivity (Wildman–Crippen MR) is 160 cm³/mol. The van der Waals surface area contributed by atoms with Gasteiger partial charge in [-0.1, -0.05) is 54.6 Å². The molecule has 0 spiro atoms. The van der Waals surface area contributed by atoms with Gasteiger partial charge in [0, 0.05) is 23.4 Å². The largest absolute Gasteiger partial charge is 0.503 e. The Morgan fingerprint density at radius 1 is 0.905 bits per heavy atom. The van der Waals surface area contributed by atoms with Gasteiger partial charge in [-0.05, 0) is 59.8 Å². The van der Waals surface area contributed by atoms with Gasteiger partial charge in [0.1, 0.15) is 30.5 Å². The highest BCUT2D eigenvalue weighted by Crippen LogP contribution is 2.32. The number of nitrogens with one attached hydrogen (secondary N) is 1. The van der Waals surface area contributed by atoms with Crippen LogP contribution in [0.1, 0.15) is 29.0 Å². The Labute approximate surface area is 245 Å². The molecule has 1 aliphatic rings. The smallest absolute Gasteiger partial charge is 0.496 e. The summed E-state index contributed by atoms with van der Waals surface area (Å²) >= 11 is 0. The molecule has 9 heteroatoms. The van der Waals surface area contributed by atoms with E-state index in [1.165, 1.54) is 5.56 Å². The van der Waals surface area contributed by atoms with E-state index in [2.05, 4.69) is 41.7 Å². The minimum Gasteiger partial charge on any atom is -0.496 e. The molecule has 4 aromatic carbocycles. The fourth-order valence-electron chi connectivity index (χ4n) is 5.08. The molecule has 5 rings (SSSR count). The molecule has 4 aromatic rings. The number of carboxylic acid groups (broad SMARTS) is 2. The number of methoxy groups -OCH3 is 1. The molecule has 0 aromatic heterocycles. The van der Waals surface area contributed by atoms with E-state index in [-0.39, 0.29) is 12.7 Å². The molecular formula is C33H37NO8. The van der Waals surface area contributed by atoms with Crippen LogP contribution in [-0.2, 0) is 18.0 Å². The second-order valence-electron chi connectivity index (χ2n) is 9.79. The fourth-order valence-corrected chi connectivity index (χ4v) is 5.08. The molecular weight excluding hydrogens is 538 g/mol. The van der Waals surface area contributed by atoms with E-state index in [9.17, 15) is 0 Å². The molecule has 9 nitrogen and oxygen atoms in total. The first-order chi connectivity index (χ1) is 20.5. The van der Waals surface area contributed by atoms with Crippen molar-refractivity contribution < 1.29 is 39.1 Å². The predicted octanol–water partition coefficient (Wildman–Crippen LogP) is 5.68. The van der Waals surface area contributed by atoms with Gasteiger partial charge < -0.3 is 39.6 Å². The number of hydrogen-bond acceptors (Lipinski definition) is 7. The van der Waals surface area contributed by atoms with Gasteiger partial charge in [0.05, 0.1) is 26.4 Å². The Balaban J connectivity index is 0.000000952. The highest BCUT2D eigenvalue weighted by molar-refractivity contribution is 5.89. The van der Waals surface area contributed by atoms with Crippen LogP contribution in [0.4, 0.5) is 4.79 Å². The van der Waals surface area contributed by atoms with Crippen molar-refractivity contribution in [1.29, 1.82) is 0 Å². The molecule has 222 valence electrons. The summed E-state index contributed by atoms with van der Waals surface area (Å²) in [7, 11) is 1.68. The minimum atomic E-state index is -1.83. The van der Waals surface area contributed by atoms with E-state index >= 15 is 0 Å². The van der Waals surface area contributed by atoms with E-state index in [1.54, 1.807) is 7.11 Å². The number of ether oxygens (including phenoxy) is 4. The summed E-state index contributed by atoms with van der Waals surface area (Å²) in [5, 5.41) is 28.6. The first-order valence-corrected chi connectivity index (χ1v) is 13.8. The number of hydrogen-bond donors (Lipinski definition) is 4. The first kappa shape index (κ1) is 30.6. The van der Waals surface area contributed by atoms with Crippen LogP contribution in [-0.4, -0.2) is 61.0 Å². The van der Waals surface area contributed by atoms with Crippen molar-refractivity contribution in [3.05, 3.63) is 102 Å². The van der Waals surface area contributed by atoms with Gasteiger partial charge in [-0.25, -0.2) is 4.79 Å². The number of aliphatic hydroxyl groups is 1. The van der Waals surface area contributed by atoms with E-state index in [0.717, 1.165) is 58.7 Å². The van der Waals surface area contributed by atoms with Crippen LogP contribution in [0.25, 0.3) is 10.8 Å². The molecule has 0 bridgehead atoms. The number of aliphatic hydroxyl groups excluding tert-OH is 1. The summed E-state index contributed by atoms with van der Waals surface area (Å²) in [6.45, 7) is 2.99. The highest BCUT2D eigenvalue weighted by Gasteiger charge is 2.27. The van der Waals surface area contributed by atoms with Crippen molar-refractivity contribution >= 4 is 16.9 Å². The minimum absolute atomic E-state index is 0.00787. The van der Waals surface area contributed by atoms with Crippen molar-refractivity contribution in [2.24, 2.45) is 0 Å². The number of carbonyl (C=O) groups is 1. The Morgan fingerprint density at radius 3 is 2.40 bits per heavy atom. The third-order valence-electron chi connectivity index (χ3n) is 7.02. The summed E-state index contributed by atoms with van der Waals surface area (Å²) < 4.78 is 23.9. The van der Waals surface area contributed by atoms with E-state index in [1.807, 2.05) is 48.5 Å². The van der Waals surface area contributed by atoms with Gasteiger partial charge in [0.2, 0.25) is 0 Å². The lowest BCUT2D eigenvalue weighted by molar-refractivity contribution is 0.0106. The number of fused-ring (bicyclic) bond motifs is 1. The lowest BCUT2D eigenvalue weighted by Crippen LogP contribution is -2.40. The fraction of sp³-hybridized carbons (Fsp3) is 0.303. The third-order valence-corrected chi connectivity index (χ3v) is 7.02. The molecule has 1 fully saturated rings. The summed E-state index contributed by atoms with van der Waals surface area (Å²) in [5.41, 5.74) is 3.33. The molecule has 1 aliphatic heterocycles. The van der Waals surface area contributed by atoms with Crippen LogP contribution in [0.15, 0.2) is 84.9 Å². The van der Waals surface area contributed by atoms with Crippen LogP contribution in [0.2, 0.25) is 0 Å². The van der Waals surface area contributed by atoms with E-state index in [4.69, 9.17) is 39.1 Å². The molecule has 2 atom stereocenters. The molecule has 0 amide bonds. The van der Waals surface area contributed by atoms with Gasteiger partial charge in [0.15, 0.2) is 0 Å². The second-order valence-corrected chi connectivity index (χ2v) is 9.79. The van der Waals surface area contributed by atoms with Crippen molar-refractivity contribution in [3.8, 4) is 17.2 Å². The van der Waals surface area contributed by atoms with Crippen molar-refractivity contribution in [2.75, 3.05) is 33.4 Å². The van der Waals surface area contributed by atoms with Crippen LogP contribution in [0.5, 0.6) is 17.2 Å². The molecule has 0 saturated carbocycles. The Hall–Kier alpha value is -4.31. The highest BCUT2D eigenvalue weighted by atomic mass is 16.6. The molecule has 1 saturated heterocycles. The van der Waals surface area contributed by atoms with Crippen molar-refractivity contribution in [2.45, 2.75) is 31.7 Å². The van der Waals surface area contributed by atoms with E-state index < -0.39 is 6.16 Å². The zero-order valence-electron chi connectivity index (χ0n) is 23.6. The van der Waals surface area contributed by atoms with Crippen LogP contribution >= 0.6 is 0 Å². The van der Waals surface area contributed by atoms with Gasteiger partial charge in [-0.15, -0.1) is 0 Å². The Morgan fingerprint density at radius 2 is 1.64 bits per heavy atom. The quantitative estimate of drug-likeness (QED) is 0.179. The third kappa shape index (κ3) is 8.59. The molecule has 1 heterocycles. The van der Waals surface area contributed by atoms with Crippen molar-refractivity contribution in [1.82, 2.24) is 5.32 Å². The molecule has 0 aliphatic carbocycles. The zero-order chi connectivity index (χ0) is 29.7. The number of piperidine rings is 1. The summed E-state index contributed by atoms with van der Waals surface area (Å²) in [5.74, 6) is 2.72. The topological polar surface area (TPSA) is 127 Å². The van der Waals surface area contributed by atoms with Gasteiger partial charge >= 0.3 is 6.16 Å². The van der Waals surface area contributed by atoms with E-state index in [0.29, 0.717) is 25.7 Å². The van der Waals surface area contributed by atoms with Crippen LogP contribution < -0.4 is 19.5 Å². The summed E-state index contributed by atoms with van der Waals surface area (Å²) in [6.07, 6.45) is -0.774.